The highest BCUT2D eigenvalue weighted by Gasteiger charge is 2.35. The van der Waals surface area contributed by atoms with Gasteiger partial charge in [-0.2, -0.15) is 0 Å². The highest BCUT2D eigenvalue weighted by atomic mass is 32.2. The first-order chi connectivity index (χ1) is 11.0. The second-order valence-corrected chi connectivity index (χ2v) is 8.74. The average molecular weight is 353 g/mol. The molecule has 0 unspecified atom stereocenters. The number of thiophene rings is 1. The van der Waals surface area contributed by atoms with Crippen LogP contribution in [0.1, 0.15) is 21.7 Å². The predicted molar refractivity (Wildman–Crippen MR) is 87.7 cm³/mol. The van der Waals surface area contributed by atoms with E-state index in [1.54, 1.807) is 35.7 Å². The number of carbonyl (C=O) groups is 1. The maximum absolute atomic E-state index is 13.9. The van der Waals surface area contributed by atoms with E-state index < -0.39 is 21.7 Å². The van der Waals surface area contributed by atoms with Gasteiger partial charge in [-0.15, -0.1) is 11.3 Å². The van der Waals surface area contributed by atoms with Gasteiger partial charge in [0.05, 0.1) is 16.4 Å². The van der Waals surface area contributed by atoms with Crippen LogP contribution in [0.5, 0.6) is 0 Å². The Balaban J connectivity index is 1.90. The van der Waals surface area contributed by atoms with E-state index in [9.17, 15) is 17.6 Å². The number of sulfone groups is 1. The molecule has 0 radical (unpaired) electrons. The molecule has 0 aliphatic carbocycles. The minimum Gasteiger partial charge on any atom is -0.329 e. The highest BCUT2D eigenvalue weighted by Crippen LogP contribution is 2.24. The quantitative estimate of drug-likeness (QED) is 0.849. The predicted octanol–water partition coefficient (Wildman–Crippen LogP) is 2.72. The van der Waals surface area contributed by atoms with Gasteiger partial charge in [-0.1, -0.05) is 24.3 Å². The summed E-state index contributed by atoms with van der Waals surface area (Å²) in [5.74, 6) is -0.621. The first kappa shape index (κ1) is 16.1. The molecule has 1 amide bonds. The van der Waals surface area contributed by atoms with Gasteiger partial charge in [0.25, 0.3) is 5.91 Å². The monoisotopic (exact) mass is 353 g/mol. The smallest absolute Gasteiger partial charge is 0.264 e. The van der Waals surface area contributed by atoms with Gasteiger partial charge in [0.2, 0.25) is 0 Å². The van der Waals surface area contributed by atoms with Crippen molar-refractivity contribution < 1.29 is 17.6 Å². The van der Waals surface area contributed by atoms with E-state index >= 15 is 0 Å². The van der Waals surface area contributed by atoms with E-state index in [4.69, 9.17) is 0 Å². The van der Waals surface area contributed by atoms with E-state index in [-0.39, 0.29) is 24.0 Å². The van der Waals surface area contributed by atoms with Gasteiger partial charge in [-0.05, 0) is 23.9 Å². The normalized spacial score (nSPS) is 19.6. The first-order valence-electron chi connectivity index (χ1n) is 7.24. The molecule has 1 aromatic heterocycles. The van der Waals surface area contributed by atoms with E-state index in [1.165, 1.54) is 22.3 Å². The summed E-state index contributed by atoms with van der Waals surface area (Å²) in [6.45, 7) is 0.0730. The number of hydrogen-bond acceptors (Lipinski definition) is 4. The van der Waals surface area contributed by atoms with Gasteiger partial charge in [0.1, 0.15) is 5.82 Å². The van der Waals surface area contributed by atoms with Crippen LogP contribution in [0.25, 0.3) is 0 Å². The van der Waals surface area contributed by atoms with Gasteiger partial charge < -0.3 is 4.90 Å². The lowest BCUT2D eigenvalue weighted by molar-refractivity contribution is 0.0684. The Hall–Kier alpha value is -1.73. The van der Waals surface area contributed by atoms with Gasteiger partial charge in [0, 0.05) is 18.2 Å². The Morgan fingerprint density at radius 2 is 2.04 bits per heavy atom. The summed E-state index contributed by atoms with van der Waals surface area (Å²) in [4.78, 5) is 14.8. The third kappa shape index (κ3) is 3.61. The van der Waals surface area contributed by atoms with Crippen LogP contribution in [-0.4, -0.2) is 36.8 Å². The van der Waals surface area contributed by atoms with Crippen molar-refractivity contribution in [1.82, 2.24) is 4.90 Å². The zero-order valence-corrected chi connectivity index (χ0v) is 13.9. The lowest BCUT2D eigenvalue weighted by Gasteiger charge is -2.28. The van der Waals surface area contributed by atoms with Gasteiger partial charge in [-0.3, -0.25) is 4.79 Å². The molecule has 1 aliphatic rings. The molecule has 1 aliphatic heterocycles. The molecule has 2 aromatic rings. The van der Waals surface area contributed by atoms with E-state index in [2.05, 4.69) is 0 Å². The number of halogens is 1. The molecule has 0 spiro atoms. The molecule has 4 nitrogen and oxygen atoms in total. The number of amides is 1. The van der Waals surface area contributed by atoms with Gasteiger partial charge in [-0.25, -0.2) is 12.8 Å². The van der Waals surface area contributed by atoms with Gasteiger partial charge in [0.15, 0.2) is 9.84 Å². The number of rotatable bonds is 4. The van der Waals surface area contributed by atoms with Crippen LogP contribution in [0.4, 0.5) is 4.39 Å². The molecule has 2 heterocycles. The molecular formula is C16H16FNO3S2. The molecule has 0 N–H and O–H groups in total. The van der Waals surface area contributed by atoms with Crippen LogP contribution in [0.2, 0.25) is 0 Å². The Labute approximate surface area is 138 Å². The molecule has 122 valence electrons. The molecule has 0 saturated carbocycles. The second-order valence-electron chi connectivity index (χ2n) is 5.56. The number of benzene rings is 1. The summed E-state index contributed by atoms with van der Waals surface area (Å²) in [5, 5.41) is 1.79. The molecule has 3 rings (SSSR count). The number of hydrogen-bond donors (Lipinski definition) is 0. The number of nitrogens with zero attached hydrogens (tertiary/aromatic N) is 1. The van der Waals surface area contributed by atoms with Crippen molar-refractivity contribution in [3.8, 4) is 0 Å². The Morgan fingerprint density at radius 3 is 2.65 bits per heavy atom. The van der Waals surface area contributed by atoms with Crippen LogP contribution < -0.4 is 0 Å². The fourth-order valence-electron chi connectivity index (χ4n) is 2.74. The fraction of sp³-hybridized carbons (Fsp3) is 0.312. The third-order valence-corrected chi connectivity index (χ3v) is 6.55. The van der Waals surface area contributed by atoms with Crippen LogP contribution >= 0.6 is 11.3 Å². The van der Waals surface area contributed by atoms with Crippen LogP contribution in [0.15, 0.2) is 41.8 Å². The Morgan fingerprint density at radius 1 is 1.26 bits per heavy atom. The largest absolute Gasteiger partial charge is 0.329 e. The standard InChI is InChI=1S/C16H16FNO3S2/c17-14-5-2-1-4-12(14)10-18(13-7-9-23(20,21)11-13)16(19)15-6-3-8-22-15/h1-6,8,13H,7,9-11H2/t13-/m1/s1. The van der Waals surface area contributed by atoms with Crippen molar-refractivity contribution in [3.63, 3.8) is 0 Å². The average Bonchev–Trinajstić information content (AvgIpc) is 3.15. The van der Waals surface area contributed by atoms with Crippen molar-refractivity contribution in [2.24, 2.45) is 0 Å². The minimum atomic E-state index is -3.13. The topological polar surface area (TPSA) is 54.5 Å². The maximum atomic E-state index is 13.9. The summed E-state index contributed by atoms with van der Waals surface area (Å²) < 4.78 is 37.5. The third-order valence-electron chi connectivity index (χ3n) is 3.94. The lowest BCUT2D eigenvalue weighted by Crippen LogP contribution is -2.40. The maximum Gasteiger partial charge on any atom is 0.264 e. The molecule has 7 heteroatoms. The van der Waals surface area contributed by atoms with Crippen LogP contribution in [-0.2, 0) is 16.4 Å². The summed E-state index contributed by atoms with van der Waals surface area (Å²) >= 11 is 1.30. The number of carbonyl (C=O) groups excluding carboxylic acids is 1. The summed E-state index contributed by atoms with van der Waals surface area (Å²) in [6, 6.07) is 9.31. The molecule has 1 fully saturated rings. The van der Waals surface area contributed by atoms with E-state index in [0.717, 1.165) is 0 Å². The molecular weight excluding hydrogens is 337 g/mol. The second kappa shape index (κ2) is 6.41. The van der Waals surface area contributed by atoms with E-state index in [1.807, 2.05) is 0 Å². The van der Waals surface area contributed by atoms with Crippen molar-refractivity contribution in [3.05, 3.63) is 58.0 Å². The zero-order valence-electron chi connectivity index (χ0n) is 12.3. The lowest BCUT2D eigenvalue weighted by atomic mass is 10.1. The zero-order chi connectivity index (χ0) is 16.4. The molecule has 1 saturated heterocycles. The Kier molecular flexibility index (Phi) is 4.50. The van der Waals surface area contributed by atoms with Crippen molar-refractivity contribution in [2.75, 3.05) is 11.5 Å². The van der Waals surface area contributed by atoms with Gasteiger partial charge >= 0.3 is 0 Å². The van der Waals surface area contributed by atoms with Crippen LogP contribution in [0.3, 0.4) is 0 Å². The SMILES string of the molecule is O=C(c1cccs1)N(Cc1ccccc1F)[C@@H]1CCS(=O)(=O)C1. The molecule has 1 atom stereocenters. The van der Waals surface area contributed by atoms with E-state index in [0.29, 0.717) is 16.9 Å². The molecule has 0 bridgehead atoms. The van der Waals surface area contributed by atoms with Crippen molar-refractivity contribution in [2.45, 2.75) is 19.0 Å². The first-order valence-corrected chi connectivity index (χ1v) is 9.95. The fourth-order valence-corrected chi connectivity index (χ4v) is 5.15. The summed E-state index contributed by atoms with van der Waals surface area (Å²) in [5.41, 5.74) is 0.390. The molecule has 1 aromatic carbocycles. The molecule has 23 heavy (non-hydrogen) atoms. The highest BCUT2D eigenvalue weighted by molar-refractivity contribution is 7.91. The Bertz CT molecular complexity index is 802. The van der Waals surface area contributed by atoms with Crippen LogP contribution in [0, 0.1) is 5.82 Å². The summed E-state index contributed by atoms with van der Waals surface area (Å²) in [6.07, 6.45) is 0.397. The van der Waals surface area contributed by atoms with Crippen molar-refractivity contribution >= 4 is 27.1 Å². The summed E-state index contributed by atoms with van der Waals surface area (Å²) in [7, 11) is -3.13. The van der Waals surface area contributed by atoms with Crippen molar-refractivity contribution in [1.29, 1.82) is 0 Å². The minimum absolute atomic E-state index is 0.0570.